The van der Waals surface area contributed by atoms with Gasteiger partial charge in [-0.2, -0.15) is 0 Å². The summed E-state index contributed by atoms with van der Waals surface area (Å²) < 4.78 is 80.6. The summed E-state index contributed by atoms with van der Waals surface area (Å²) in [5.74, 6) is -3.36. The lowest BCUT2D eigenvalue weighted by atomic mass is 9.92. The number of nitrogens with two attached hydrogens (primary N) is 1. The van der Waals surface area contributed by atoms with Crippen molar-refractivity contribution < 1.29 is 30.7 Å². The Kier molecular flexibility index (Phi) is 6.71. The Morgan fingerprint density at radius 2 is 2.00 bits per heavy atom. The van der Waals surface area contributed by atoms with Gasteiger partial charge in [0.25, 0.3) is 0 Å². The van der Waals surface area contributed by atoms with Crippen molar-refractivity contribution in [2.45, 2.75) is 32.9 Å². The van der Waals surface area contributed by atoms with Crippen LogP contribution in [0.25, 0.3) is 11.9 Å². The van der Waals surface area contributed by atoms with Crippen molar-refractivity contribution in [2.24, 2.45) is 10.7 Å². The van der Waals surface area contributed by atoms with E-state index in [-0.39, 0.29) is 35.3 Å². The van der Waals surface area contributed by atoms with Crippen LogP contribution < -0.4 is 10.5 Å². The number of sulfonamides is 1. The van der Waals surface area contributed by atoms with Crippen LogP contribution in [0.4, 0.5) is 13.2 Å². The summed E-state index contributed by atoms with van der Waals surface area (Å²) in [7, 11) is -2.74. The molecule has 10 nitrogen and oxygen atoms in total. The van der Waals surface area contributed by atoms with E-state index in [1.165, 1.54) is 20.2 Å². The van der Waals surface area contributed by atoms with Crippen molar-refractivity contribution in [3.63, 3.8) is 0 Å². The van der Waals surface area contributed by atoms with E-state index in [0.717, 1.165) is 28.7 Å². The van der Waals surface area contributed by atoms with Crippen molar-refractivity contribution in [3.05, 3.63) is 70.3 Å². The average molecular weight is 537 g/mol. The quantitative estimate of drug-likeness (QED) is 0.507. The van der Waals surface area contributed by atoms with Gasteiger partial charge in [0.2, 0.25) is 21.9 Å². The number of halogens is 3. The van der Waals surface area contributed by atoms with Gasteiger partial charge < -0.3 is 14.9 Å². The Morgan fingerprint density at radius 1 is 1.27 bits per heavy atom. The predicted molar refractivity (Wildman–Crippen MR) is 128 cm³/mol. The highest BCUT2D eigenvalue weighted by molar-refractivity contribution is 7.89. The number of ether oxygens (including phenoxy) is 1. The number of oxazole rings is 1. The van der Waals surface area contributed by atoms with Gasteiger partial charge in [0.15, 0.2) is 23.4 Å². The highest BCUT2D eigenvalue weighted by Crippen LogP contribution is 2.35. The molecule has 1 aliphatic heterocycles. The largest absolute Gasteiger partial charge is 0.470 e. The highest BCUT2D eigenvalue weighted by atomic mass is 32.2. The molecule has 4 rings (SSSR count). The topological polar surface area (TPSA) is 137 Å². The molecule has 1 aromatic carbocycles. The first kappa shape index (κ1) is 26.1. The molecule has 14 heteroatoms. The minimum atomic E-state index is -3.94. The number of nitrogens with zero attached hydrogens (tertiary/aromatic N) is 5. The van der Waals surface area contributed by atoms with Crippen LogP contribution >= 0.6 is 0 Å². The Bertz CT molecular complexity index is 1520. The second-order valence-corrected chi connectivity index (χ2v) is 10.6. The molecule has 3 aromatic rings. The summed E-state index contributed by atoms with van der Waals surface area (Å²) in [4.78, 5) is 16.2. The first-order valence-corrected chi connectivity index (χ1v) is 12.5. The van der Waals surface area contributed by atoms with Crippen LogP contribution in [0.2, 0.25) is 0 Å². The first-order chi connectivity index (χ1) is 17.3. The van der Waals surface area contributed by atoms with Crippen molar-refractivity contribution >= 4 is 27.9 Å². The van der Waals surface area contributed by atoms with Gasteiger partial charge in [-0.15, -0.1) is 0 Å². The fourth-order valence-electron chi connectivity index (χ4n) is 3.76. The van der Waals surface area contributed by atoms with Gasteiger partial charge in [-0.05, 0) is 37.6 Å². The molecule has 1 atom stereocenters. The van der Waals surface area contributed by atoms with E-state index < -0.39 is 38.8 Å². The lowest BCUT2D eigenvalue weighted by Gasteiger charge is -2.34. The van der Waals surface area contributed by atoms with Gasteiger partial charge in [-0.25, -0.2) is 45.8 Å². The van der Waals surface area contributed by atoms with Crippen LogP contribution in [-0.2, 0) is 22.2 Å². The van der Waals surface area contributed by atoms with Crippen LogP contribution in [0.3, 0.4) is 0 Å². The zero-order valence-corrected chi connectivity index (χ0v) is 21.1. The third-order valence-corrected chi connectivity index (χ3v) is 7.67. The molecule has 1 aliphatic rings. The Morgan fingerprint density at radius 3 is 2.59 bits per heavy atom. The molecule has 0 bridgehead atoms. The first-order valence-electron chi connectivity index (χ1n) is 10.9. The van der Waals surface area contributed by atoms with Gasteiger partial charge in [-0.3, -0.25) is 0 Å². The standard InChI is InChI=1S/C23H23F3N6O4S/c1-12-19(30-13(2)36-12)10-35-20-9-28-18(8-29-20)16(24)6-14-5-15(21(26)17(25)7-14)23(3)11-37(33,34)32(4)22(27)31-23/h5-9H,10-11H2,1-4H3,(H2,27,31). The predicted octanol–water partition coefficient (Wildman–Crippen LogP) is 3.21. The maximum atomic E-state index is 14.9. The van der Waals surface area contributed by atoms with Gasteiger partial charge in [-0.1, -0.05) is 0 Å². The summed E-state index contributed by atoms with van der Waals surface area (Å²) >= 11 is 0. The molecular formula is C23H23F3N6O4S. The van der Waals surface area contributed by atoms with Crippen LogP contribution in [0, 0.1) is 25.5 Å². The summed E-state index contributed by atoms with van der Waals surface area (Å²) in [6, 6.07) is 1.88. The van der Waals surface area contributed by atoms with Crippen molar-refractivity contribution in [1.82, 2.24) is 19.3 Å². The molecule has 3 heterocycles. The molecule has 1 unspecified atom stereocenters. The maximum absolute atomic E-state index is 14.9. The molecule has 2 aromatic heterocycles. The molecule has 0 aliphatic carbocycles. The third-order valence-electron chi connectivity index (χ3n) is 5.72. The zero-order chi connectivity index (χ0) is 27.1. The van der Waals surface area contributed by atoms with Crippen molar-refractivity contribution in [2.75, 3.05) is 12.8 Å². The van der Waals surface area contributed by atoms with Crippen LogP contribution in [0.15, 0.2) is 33.9 Å². The molecule has 0 amide bonds. The van der Waals surface area contributed by atoms with E-state index in [1.807, 2.05) is 0 Å². The number of hydrogen-bond acceptors (Lipinski definition) is 9. The molecular weight excluding hydrogens is 513 g/mol. The number of aliphatic imine (C=N–C) groups is 1. The molecule has 37 heavy (non-hydrogen) atoms. The number of guanidine groups is 1. The highest BCUT2D eigenvalue weighted by Gasteiger charge is 2.42. The lowest BCUT2D eigenvalue weighted by molar-refractivity contribution is 0.286. The third kappa shape index (κ3) is 5.28. The number of rotatable bonds is 6. The molecule has 2 N–H and O–H groups in total. The molecule has 0 spiro atoms. The number of benzene rings is 1. The second-order valence-electron chi connectivity index (χ2n) is 8.59. The van der Waals surface area contributed by atoms with E-state index in [1.54, 1.807) is 13.8 Å². The van der Waals surface area contributed by atoms with E-state index in [0.29, 0.717) is 17.3 Å². The number of aryl methyl sites for hydroxylation is 2. The van der Waals surface area contributed by atoms with Crippen molar-refractivity contribution in [1.29, 1.82) is 0 Å². The van der Waals surface area contributed by atoms with Gasteiger partial charge in [0.05, 0.1) is 18.1 Å². The van der Waals surface area contributed by atoms with E-state index >= 15 is 0 Å². The Balaban J connectivity index is 1.59. The fraction of sp³-hybridized carbons (Fsp3) is 0.304. The molecule has 0 fully saturated rings. The van der Waals surface area contributed by atoms with Crippen LogP contribution in [0.5, 0.6) is 5.88 Å². The normalized spacial score (nSPS) is 19.6. The Hall–Kier alpha value is -3.94. The molecule has 0 saturated carbocycles. The summed E-state index contributed by atoms with van der Waals surface area (Å²) in [6.45, 7) is 4.82. The van der Waals surface area contributed by atoms with Crippen LogP contribution in [-0.4, -0.2) is 46.4 Å². The van der Waals surface area contributed by atoms with Gasteiger partial charge >= 0.3 is 0 Å². The van der Waals surface area contributed by atoms with Gasteiger partial charge in [0, 0.05) is 19.5 Å². The zero-order valence-electron chi connectivity index (χ0n) is 20.3. The molecule has 0 saturated heterocycles. The summed E-state index contributed by atoms with van der Waals surface area (Å²) in [5, 5.41) is 0. The smallest absolute Gasteiger partial charge is 0.239 e. The summed E-state index contributed by atoms with van der Waals surface area (Å²) in [6.07, 6.45) is 3.22. The number of hydrogen-bond donors (Lipinski definition) is 1. The monoisotopic (exact) mass is 536 g/mol. The fourth-order valence-corrected chi connectivity index (χ4v) is 5.21. The van der Waals surface area contributed by atoms with Gasteiger partial charge in [0.1, 0.15) is 29.3 Å². The minimum absolute atomic E-state index is 0.0738. The minimum Gasteiger partial charge on any atom is -0.470 e. The molecule has 196 valence electrons. The SMILES string of the molecule is Cc1nc(COc2cnc(C(F)=Cc3cc(F)c(F)c(C4(C)CS(=O)(=O)N(C)C(N)=N4)c3)cn2)c(C)o1. The van der Waals surface area contributed by atoms with E-state index in [4.69, 9.17) is 14.9 Å². The summed E-state index contributed by atoms with van der Waals surface area (Å²) in [5.41, 5.74) is 3.88. The second kappa shape index (κ2) is 9.50. The lowest BCUT2D eigenvalue weighted by Crippen LogP contribution is -2.50. The average Bonchev–Trinajstić information content (AvgIpc) is 3.15. The molecule has 0 radical (unpaired) electrons. The van der Waals surface area contributed by atoms with Crippen LogP contribution in [0.1, 0.15) is 41.1 Å². The Labute approximate surface area is 210 Å². The van der Waals surface area contributed by atoms with E-state index in [2.05, 4.69) is 19.9 Å². The van der Waals surface area contributed by atoms with E-state index in [9.17, 15) is 21.6 Å². The number of aromatic nitrogens is 3. The maximum Gasteiger partial charge on any atom is 0.239 e. The van der Waals surface area contributed by atoms with Crippen molar-refractivity contribution in [3.8, 4) is 5.88 Å².